The molecule has 0 aliphatic carbocycles. The van der Waals surface area contributed by atoms with Gasteiger partial charge >= 0.3 is 12.3 Å². The van der Waals surface area contributed by atoms with Crippen molar-refractivity contribution in [2.45, 2.75) is 19.7 Å². The molecule has 6 nitrogen and oxygen atoms in total. The van der Waals surface area contributed by atoms with Crippen molar-refractivity contribution in [2.75, 3.05) is 37.7 Å². The third kappa shape index (κ3) is 5.30. The third-order valence-corrected chi connectivity index (χ3v) is 4.56. The van der Waals surface area contributed by atoms with Gasteiger partial charge in [0, 0.05) is 37.9 Å². The number of carbonyl (C=O) groups is 1. The summed E-state index contributed by atoms with van der Waals surface area (Å²) in [6, 6.07) is 9.29. The van der Waals surface area contributed by atoms with Crippen molar-refractivity contribution in [3.63, 3.8) is 0 Å². The first-order chi connectivity index (χ1) is 13.9. The minimum absolute atomic E-state index is 0.0877. The zero-order valence-electron chi connectivity index (χ0n) is 16.0. The van der Waals surface area contributed by atoms with Crippen LogP contribution >= 0.6 is 0 Å². The molecule has 29 heavy (non-hydrogen) atoms. The van der Waals surface area contributed by atoms with E-state index in [9.17, 15) is 18.0 Å². The van der Waals surface area contributed by atoms with Crippen LogP contribution in [0.2, 0.25) is 0 Å². The molecule has 0 atom stereocenters. The van der Waals surface area contributed by atoms with E-state index in [-0.39, 0.29) is 12.4 Å². The number of para-hydroxylation sites is 1. The number of alkyl halides is 3. The highest BCUT2D eigenvalue weighted by Crippen LogP contribution is 2.31. The lowest BCUT2D eigenvalue weighted by molar-refractivity contribution is -0.137. The molecule has 1 aromatic carbocycles. The Bertz CT molecular complexity index is 837. The molecule has 0 saturated carbocycles. The molecule has 156 valence electrons. The van der Waals surface area contributed by atoms with Crippen molar-refractivity contribution in [3.05, 3.63) is 53.7 Å². The fourth-order valence-corrected chi connectivity index (χ4v) is 3.04. The molecule has 0 bridgehead atoms. The maximum atomic E-state index is 12.9. The number of hydrogen-bond acceptors (Lipinski definition) is 5. The van der Waals surface area contributed by atoms with Gasteiger partial charge in [-0.2, -0.15) is 13.2 Å². The Morgan fingerprint density at radius 3 is 2.55 bits per heavy atom. The van der Waals surface area contributed by atoms with Crippen LogP contribution in [0, 0.1) is 0 Å². The molecule has 1 fully saturated rings. The first-order valence-corrected chi connectivity index (χ1v) is 9.29. The number of hydrogen-bond donors (Lipinski definition) is 0. The minimum atomic E-state index is -4.42. The minimum Gasteiger partial charge on any atom is -0.493 e. The Hall–Kier alpha value is -2.97. The van der Waals surface area contributed by atoms with Crippen molar-refractivity contribution < 1.29 is 27.4 Å². The molecule has 1 saturated heterocycles. The smallest absolute Gasteiger partial charge is 0.416 e. The summed E-state index contributed by atoms with van der Waals surface area (Å²) in [7, 11) is 0. The van der Waals surface area contributed by atoms with Crippen LogP contribution in [0.25, 0.3) is 0 Å². The van der Waals surface area contributed by atoms with E-state index in [1.165, 1.54) is 4.90 Å². The molecule has 1 aromatic heterocycles. The first-order valence-electron chi connectivity index (χ1n) is 9.29. The zero-order chi connectivity index (χ0) is 20.9. The lowest BCUT2D eigenvalue weighted by Crippen LogP contribution is -2.49. The van der Waals surface area contributed by atoms with Gasteiger partial charge in [-0.25, -0.2) is 9.78 Å². The quantitative estimate of drug-likeness (QED) is 0.748. The van der Waals surface area contributed by atoms with Gasteiger partial charge in [-0.3, -0.25) is 0 Å². The second-order valence-electron chi connectivity index (χ2n) is 6.47. The van der Waals surface area contributed by atoms with Crippen LogP contribution in [0.4, 0.5) is 23.8 Å². The summed E-state index contributed by atoms with van der Waals surface area (Å²) in [5.41, 5.74) is 0.0341. The van der Waals surface area contributed by atoms with Crippen molar-refractivity contribution >= 4 is 11.9 Å². The highest BCUT2D eigenvalue weighted by atomic mass is 19.4. The number of pyridine rings is 1. The van der Waals surface area contributed by atoms with Crippen LogP contribution in [0.5, 0.6) is 5.75 Å². The number of amides is 1. The molecule has 3 rings (SSSR count). The molecule has 1 amide bonds. The lowest BCUT2D eigenvalue weighted by Gasteiger charge is -2.35. The zero-order valence-corrected chi connectivity index (χ0v) is 16.0. The number of rotatable bonds is 5. The molecular weight excluding hydrogens is 387 g/mol. The van der Waals surface area contributed by atoms with E-state index in [1.807, 2.05) is 31.2 Å². The van der Waals surface area contributed by atoms with Gasteiger partial charge in [0.05, 0.1) is 12.2 Å². The predicted octanol–water partition coefficient (Wildman–Crippen LogP) is 3.96. The first kappa shape index (κ1) is 20.8. The van der Waals surface area contributed by atoms with Gasteiger partial charge in [0.15, 0.2) is 0 Å². The van der Waals surface area contributed by atoms with Crippen LogP contribution in [0.1, 0.15) is 18.1 Å². The average Bonchev–Trinajstić information content (AvgIpc) is 2.73. The van der Waals surface area contributed by atoms with Crippen molar-refractivity contribution in [1.29, 1.82) is 0 Å². The summed E-state index contributed by atoms with van der Waals surface area (Å²) in [5.74, 6) is 0.918. The number of aromatic nitrogens is 1. The van der Waals surface area contributed by atoms with E-state index in [2.05, 4.69) is 4.98 Å². The van der Waals surface area contributed by atoms with Crippen LogP contribution < -0.4 is 9.64 Å². The fourth-order valence-electron chi connectivity index (χ4n) is 3.04. The molecule has 1 aliphatic rings. The maximum absolute atomic E-state index is 12.9. The Morgan fingerprint density at radius 2 is 1.86 bits per heavy atom. The molecule has 2 heterocycles. The van der Waals surface area contributed by atoms with E-state index in [0.717, 1.165) is 23.9 Å². The van der Waals surface area contributed by atoms with Gasteiger partial charge in [-0.15, -0.1) is 0 Å². The topological polar surface area (TPSA) is 54.9 Å². The van der Waals surface area contributed by atoms with Crippen molar-refractivity contribution in [3.8, 4) is 5.75 Å². The summed E-state index contributed by atoms with van der Waals surface area (Å²) in [4.78, 5) is 19.6. The molecule has 0 radical (unpaired) electrons. The second kappa shape index (κ2) is 9.02. The Kier molecular flexibility index (Phi) is 6.46. The van der Waals surface area contributed by atoms with E-state index >= 15 is 0 Å². The number of nitrogens with zero attached hydrogens (tertiary/aromatic N) is 3. The molecule has 0 N–H and O–H groups in total. The summed E-state index contributed by atoms with van der Waals surface area (Å²) >= 11 is 0. The normalized spacial score (nSPS) is 14.6. The van der Waals surface area contributed by atoms with E-state index in [1.54, 1.807) is 4.90 Å². The number of anilines is 1. The molecule has 0 unspecified atom stereocenters. The van der Waals surface area contributed by atoms with E-state index in [0.29, 0.717) is 38.5 Å². The molecule has 0 spiro atoms. The number of piperazine rings is 1. The van der Waals surface area contributed by atoms with Gasteiger partial charge in [0.25, 0.3) is 0 Å². The van der Waals surface area contributed by atoms with Gasteiger partial charge in [0.2, 0.25) is 0 Å². The molecule has 9 heteroatoms. The Balaban J connectivity index is 1.54. The van der Waals surface area contributed by atoms with Crippen molar-refractivity contribution in [1.82, 2.24) is 9.88 Å². The van der Waals surface area contributed by atoms with E-state index < -0.39 is 17.8 Å². The SMILES string of the molecule is CCOc1ccccc1COC(=O)N1CCN(c2cc(C(F)(F)F)ccn2)CC1. The summed E-state index contributed by atoms with van der Waals surface area (Å²) < 4.78 is 49.5. The highest BCUT2D eigenvalue weighted by Gasteiger charge is 2.32. The number of ether oxygens (including phenoxy) is 2. The van der Waals surface area contributed by atoms with Gasteiger partial charge in [0.1, 0.15) is 18.2 Å². The standard InChI is InChI=1S/C20H22F3N3O3/c1-2-28-17-6-4-3-5-15(17)14-29-19(27)26-11-9-25(10-12-26)18-13-16(7-8-24-18)20(21,22)23/h3-8,13H,2,9-12,14H2,1H3. The molecular formula is C20H22F3N3O3. The largest absolute Gasteiger partial charge is 0.493 e. The monoisotopic (exact) mass is 409 g/mol. The van der Waals surface area contributed by atoms with Crippen LogP contribution in [0.3, 0.4) is 0 Å². The predicted molar refractivity (Wildman–Crippen MR) is 101 cm³/mol. The van der Waals surface area contributed by atoms with Gasteiger partial charge in [-0.05, 0) is 25.1 Å². The van der Waals surface area contributed by atoms with Crippen LogP contribution in [-0.2, 0) is 17.5 Å². The summed E-state index contributed by atoms with van der Waals surface area (Å²) in [5, 5.41) is 0. The average molecular weight is 409 g/mol. The van der Waals surface area contributed by atoms with E-state index in [4.69, 9.17) is 9.47 Å². The number of halogens is 3. The molecule has 2 aromatic rings. The van der Waals surface area contributed by atoms with Gasteiger partial charge in [-0.1, -0.05) is 18.2 Å². The second-order valence-corrected chi connectivity index (χ2v) is 6.47. The molecule has 1 aliphatic heterocycles. The highest BCUT2D eigenvalue weighted by molar-refractivity contribution is 5.68. The van der Waals surface area contributed by atoms with Crippen LogP contribution in [0.15, 0.2) is 42.6 Å². The summed E-state index contributed by atoms with van der Waals surface area (Å²) in [6.45, 7) is 3.90. The third-order valence-electron chi connectivity index (χ3n) is 4.56. The fraction of sp³-hybridized carbons (Fsp3) is 0.400. The maximum Gasteiger partial charge on any atom is 0.416 e. The van der Waals surface area contributed by atoms with Gasteiger partial charge < -0.3 is 19.3 Å². The summed E-state index contributed by atoms with van der Waals surface area (Å²) in [6.07, 6.45) is -3.73. The van der Waals surface area contributed by atoms with Crippen LogP contribution in [-0.4, -0.2) is 48.8 Å². The Labute approximate surface area is 166 Å². The van der Waals surface area contributed by atoms with Crippen molar-refractivity contribution in [2.24, 2.45) is 0 Å². The lowest BCUT2D eigenvalue weighted by atomic mass is 10.2. The number of benzene rings is 1. The number of carbonyl (C=O) groups excluding carboxylic acids is 1. The Morgan fingerprint density at radius 1 is 1.14 bits per heavy atom.